The number of carbonyl (C=O) groups is 2. The van der Waals surface area contributed by atoms with Crippen molar-refractivity contribution < 1.29 is 18.8 Å². The molecule has 1 aliphatic heterocycles. The number of methoxy groups -OCH3 is 1. The molecule has 1 aliphatic rings. The molecule has 1 aromatic carbocycles. The fourth-order valence-corrected chi connectivity index (χ4v) is 3.33. The molecule has 0 radical (unpaired) electrons. The number of likely N-dealkylation sites (tertiary alicyclic amines) is 1. The Labute approximate surface area is 165 Å². The highest BCUT2D eigenvalue weighted by Crippen LogP contribution is 2.24. The predicted molar refractivity (Wildman–Crippen MR) is 105 cm³/mol. The molecule has 7 heteroatoms. The van der Waals surface area contributed by atoms with Crippen molar-refractivity contribution in [3.63, 3.8) is 0 Å². The van der Waals surface area contributed by atoms with Crippen LogP contribution in [0, 0.1) is 5.92 Å². The Morgan fingerprint density at radius 1 is 1.18 bits per heavy atom. The molecule has 0 aliphatic carbocycles. The van der Waals surface area contributed by atoms with E-state index in [4.69, 9.17) is 9.26 Å². The third-order valence-corrected chi connectivity index (χ3v) is 4.98. The third-order valence-electron chi connectivity index (χ3n) is 4.98. The number of piperidine rings is 1. The summed E-state index contributed by atoms with van der Waals surface area (Å²) in [6.07, 6.45) is 3.17. The van der Waals surface area contributed by atoms with Crippen molar-refractivity contribution in [3.05, 3.63) is 36.0 Å². The molecule has 7 nitrogen and oxygen atoms in total. The normalized spacial score (nSPS) is 15.4. The molecule has 1 saturated heterocycles. The Bertz CT molecular complexity index is 825. The summed E-state index contributed by atoms with van der Waals surface area (Å²) >= 11 is 0. The maximum Gasteiger partial charge on any atom is 0.274 e. The quantitative estimate of drug-likeness (QED) is 0.826. The molecule has 2 heterocycles. The van der Waals surface area contributed by atoms with Crippen LogP contribution < -0.4 is 10.1 Å². The summed E-state index contributed by atoms with van der Waals surface area (Å²) in [4.78, 5) is 27.4. The van der Waals surface area contributed by atoms with E-state index in [1.165, 1.54) is 0 Å². The highest BCUT2D eigenvalue weighted by molar-refractivity contribution is 5.96. The van der Waals surface area contributed by atoms with E-state index in [0.29, 0.717) is 11.5 Å². The molecular formula is C21H27N3O4. The minimum Gasteiger partial charge on any atom is -0.497 e. The molecular weight excluding hydrogens is 358 g/mol. The average molecular weight is 385 g/mol. The molecule has 0 saturated carbocycles. The van der Waals surface area contributed by atoms with Gasteiger partial charge in [-0.1, -0.05) is 31.1 Å². The van der Waals surface area contributed by atoms with Crippen LogP contribution in [0.1, 0.15) is 43.6 Å². The van der Waals surface area contributed by atoms with Crippen LogP contribution in [0.2, 0.25) is 0 Å². The number of hydrogen-bond donors (Lipinski definition) is 1. The maximum atomic E-state index is 12.9. The standard InChI is InChI=1S/C21H27N3O4/c1-14(2)19(21(26)24-10-5-4-6-11-24)22-20(25)17-13-18(28-23-17)15-8-7-9-16(12-15)27-3/h7-9,12-14,19H,4-6,10-11H2,1-3H3,(H,22,25). The number of carbonyl (C=O) groups excluding carboxylic acids is 2. The van der Waals surface area contributed by atoms with Crippen LogP contribution >= 0.6 is 0 Å². The van der Waals surface area contributed by atoms with Gasteiger partial charge in [0.2, 0.25) is 5.91 Å². The number of benzene rings is 1. The monoisotopic (exact) mass is 385 g/mol. The molecule has 2 aromatic rings. The fourth-order valence-electron chi connectivity index (χ4n) is 3.33. The Hall–Kier alpha value is -2.83. The molecule has 0 bridgehead atoms. The number of nitrogens with zero attached hydrogens (tertiary/aromatic N) is 2. The van der Waals surface area contributed by atoms with Gasteiger partial charge in [-0.05, 0) is 37.3 Å². The molecule has 28 heavy (non-hydrogen) atoms. The van der Waals surface area contributed by atoms with Gasteiger partial charge in [0.15, 0.2) is 11.5 Å². The molecule has 150 valence electrons. The summed E-state index contributed by atoms with van der Waals surface area (Å²) in [5.41, 5.74) is 0.908. The van der Waals surface area contributed by atoms with E-state index >= 15 is 0 Å². The first-order valence-corrected chi connectivity index (χ1v) is 9.70. The van der Waals surface area contributed by atoms with Crippen LogP contribution in [0.15, 0.2) is 34.9 Å². The van der Waals surface area contributed by atoms with Crippen LogP contribution in [-0.2, 0) is 4.79 Å². The van der Waals surface area contributed by atoms with Gasteiger partial charge in [-0.25, -0.2) is 0 Å². The minimum atomic E-state index is -0.581. The van der Waals surface area contributed by atoms with Gasteiger partial charge < -0.3 is 19.5 Å². The van der Waals surface area contributed by atoms with E-state index in [0.717, 1.165) is 37.9 Å². The van der Waals surface area contributed by atoms with Crippen molar-refractivity contribution in [2.45, 2.75) is 39.2 Å². The van der Waals surface area contributed by atoms with Crippen molar-refractivity contribution in [1.29, 1.82) is 0 Å². The number of nitrogens with one attached hydrogen (secondary N) is 1. The Morgan fingerprint density at radius 3 is 2.61 bits per heavy atom. The second-order valence-corrected chi connectivity index (χ2v) is 7.39. The van der Waals surface area contributed by atoms with Crippen molar-refractivity contribution in [3.8, 4) is 17.1 Å². The highest BCUT2D eigenvalue weighted by atomic mass is 16.5. The molecule has 3 rings (SSSR count). The summed E-state index contributed by atoms with van der Waals surface area (Å²) in [6.45, 7) is 5.36. The Kier molecular flexibility index (Phi) is 6.34. The van der Waals surface area contributed by atoms with Crippen molar-refractivity contribution in [1.82, 2.24) is 15.4 Å². The summed E-state index contributed by atoms with van der Waals surface area (Å²) in [5.74, 6) is 0.684. The highest BCUT2D eigenvalue weighted by Gasteiger charge is 2.30. The topological polar surface area (TPSA) is 84.7 Å². The number of aromatic nitrogens is 1. The second-order valence-electron chi connectivity index (χ2n) is 7.39. The number of amides is 2. The van der Waals surface area contributed by atoms with E-state index in [-0.39, 0.29) is 17.5 Å². The maximum absolute atomic E-state index is 12.9. The fraction of sp³-hybridized carbons (Fsp3) is 0.476. The van der Waals surface area contributed by atoms with Gasteiger partial charge in [0.05, 0.1) is 7.11 Å². The molecule has 1 aromatic heterocycles. The van der Waals surface area contributed by atoms with Gasteiger partial charge >= 0.3 is 0 Å². The molecule has 1 fully saturated rings. The largest absolute Gasteiger partial charge is 0.497 e. The van der Waals surface area contributed by atoms with Crippen LogP contribution in [0.25, 0.3) is 11.3 Å². The first-order valence-electron chi connectivity index (χ1n) is 9.70. The van der Waals surface area contributed by atoms with Gasteiger partial charge in [-0.3, -0.25) is 9.59 Å². The summed E-state index contributed by atoms with van der Waals surface area (Å²) < 4.78 is 10.5. The van der Waals surface area contributed by atoms with E-state index in [9.17, 15) is 9.59 Å². The van der Waals surface area contributed by atoms with Gasteiger partial charge in [-0.2, -0.15) is 0 Å². The van der Waals surface area contributed by atoms with Gasteiger partial charge in [0.25, 0.3) is 5.91 Å². The minimum absolute atomic E-state index is 0.0249. The van der Waals surface area contributed by atoms with Gasteiger partial charge in [0.1, 0.15) is 11.8 Å². The van der Waals surface area contributed by atoms with Gasteiger partial charge in [0, 0.05) is 24.7 Å². The lowest BCUT2D eigenvalue weighted by molar-refractivity contribution is -0.135. The zero-order chi connectivity index (χ0) is 20.1. The van der Waals surface area contributed by atoms with Crippen LogP contribution in [0.5, 0.6) is 5.75 Å². The zero-order valence-electron chi connectivity index (χ0n) is 16.6. The van der Waals surface area contributed by atoms with E-state index in [1.54, 1.807) is 19.2 Å². The summed E-state index contributed by atoms with van der Waals surface area (Å²) in [7, 11) is 1.59. The van der Waals surface area contributed by atoms with Crippen molar-refractivity contribution >= 4 is 11.8 Å². The van der Waals surface area contributed by atoms with E-state index in [2.05, 4.69) is 10.5 Å². The molecule has 2 amide bonds. The van der Waals surface area contributed by atoms with Crippen LogP contribution in [0.4, 0.5) is 0 Å². The lowest BCUT2D eigenvalue weighted by Crippen LogP contribution is -2.52. The molecule has 1 N–H and O–H groups in total. The second kappa shape index (κ2) is 8.91. The zero-order valence-corrected chi connectivity index (χ0v) is 16.6. The van der Waals surface area contributed by atoms with E-state index < -0.39 is 11.9 Å². The Balaban J connectivity index is 1.72. The van der Waals surface area contributed by atoms with Crippen molar-refractivity contribution in [2.24, 2.45) is 5.92 Å². The van der Waals surface area contributed by atoms with Crippen molar-refractivity contribution in [2.75, 3.05) is 20.2 Å². The first kappa shape index (κ1) is 19.9. The van der Waals surface area contributed by atoms with Crippen LogP contribution in [-0.4, -0.2) is 48.1 Å². The molecule has 1 atom stereocenters. The number of ether oxygens (including phenoxy) is 1. The SMILES string of the molecule is COc1cccc(-c2cc(C(=O)NC(C(=O)N3CCCCC3)C(C)C)no2)c1. The summed E-state index contributed by atoms with van der Waals surface area (Å²) in [6, 6.07) is 8.31. The lowest BCUT2D eigenvalue weighted by Gasteiger charge is -2.32. The Morgan fingerprint density at radius 2 is 1.93 bits per heavy atom. The number of rotatable bonds is 6. The third kappa shape index (κ3) is 4.52. The first-order chi connectivity index (χ1) is 13.5. The summed E-state index contributed by atoms with van der Waals surface area (Å²) in [5, 5.41) is 6.72. The lowest BCUT2D eigenvalue weighted by atomic mass is 10.0. The predicted octanol–water partition coefficient (Wildman–Crippen LogP) is 3.12. The van der Waals surface area contributed by atoms with E-state index in [1.807, 2.05) is 36.9 Å². The molecule has 0 spiro atoms. The van der Waals surface area contributed by atoms with Crippen LogP contribution in [0.3, 0.4) is 0 Å². The smallest absolute Gasteiger partial charge is 0.274 e. The molecule has 1 unspecified atom stereocenters. The van der Waals surface area contributed by atoms with Gasteiger partial charge in [-0.15, -0.1) is 0 Å². The number of hydrogen-bond acceptors (Lipinski definition) is 5. The average Bonchev–Trinajstić information content (AvgIpc) is 3.22.